The molecule has 4 N–H and O–H groups in total. The van der Waals surface area contributed by atoms with Gasteiger partial charge < -0.3 is 16.4 Å². The van der Waals surface area contributed by atoms with E-state index < -0.39 is 11.0 Å². The topological polar surface area (TPSA) is 123 Å². The number of nitro groups is 1. The van der Waals surface area contributed by atoms with E-state index in [0.29, 0.717) is 6.54 Å². The second kappa shape index (κ2) is 5.80. The standard InChI is InChI=1S/C10H15N5O3/c1-3-12-10(16)6(2)13-9-5-7(15(17)18)4-8(11)14-9/h4-6H,3H2,1-2H3,(H,12,16)(H3,11,13,14). The number of hydrogen-bond acceptors (Lipinski definition) is 6. The summed E-state index contributed by atoms with van der Waals surface area (Å²) in [5.41, 5.74) is 5.28. The molecule has 1 heterocycles. The molecule has 0 radical (unpaired) electrons. The lowest BCUT2D eigenvalue weighted by molar-refractivity contribution is -0.384. The maximum absolute atomic E-state index is 11.5. The number of nitrogen functional groups attached to an aromatic ring is 1. The Morgan fingerprint density at radius 1 is 1.61 bits per heavy atom. The van der Waals surface area contributed by atoms with Crippen LogP contribution in [0.4, 0.5) is 17.3 Å². The molecule has 0 spiro atoms. The second-order valence-corrected chi connectivity index (χ2v) is 3.65. The van der Waals surface area contributed by atoms with Gasteiger partial charge in [-0.2, -0.15) is 0 Å². The first-order valence-corrected chi connectivity index (χ1v) is 5.40. The number of nitrogens with zero attached hydrogens (tertiary/aromatic N) is 2. The van der Waals surface area contributed by atoms with E-state index in [4.69, 9.17) is 5.73 Å². The van der Waals surface area contributed by atoms with Gasteiger partial charge in [0.25, 0.3) is 5.69 Å². The Bertz CT molecular complexity index is 463. The van der Waals surface area contributed by atoms with Crippen LogP contribution in [0.1, 0.15) is 13.8 Å². The number of aromatic nitrogens is 1. The average molecular weight is 253 g/mol. The summed E-state index contributed by atoms with van der Waals surface area (Å²) in [6, 6.07) is 1.83. The van der Waals surface area contributed by atoms with Crippen LogP contribution in [0.2, 0.25) is 0 Å². The van der Waals surface area contributed by atoms with Crippen LogP contribution in [-0.4, -0.2) is 28.4 Å². The molecule has 0 saturated heterocycles. The van der Waals surface area contributed by atoms with Crippen molar-refractivity contribution in [3.05, 3.63) is 22.2 Å². The molecule has 8 nitrogen and oxygen atoms in total. The molecule has 0 aliphatic carbocycles. The zero-order chi connectivity index (χ0) is 13.7. The lowest BCUT2D eigenvalue weighted by atomic mass is 10.3. The van der Waals surface area contributed by atoms with Gasteiger partial charge in [0.2, 0.25) is 5.91 Å². The van der Waals surface area contributed by atoms with E-state index in [1.54, 1.807) is 13.8 Å². The Hall–Kier alpha value is -2.38. The number of likely N-dealkylation sites (N-methyl/N-ethyl adjacent to an activating group) is 1. The first-order valence-electron chi connectivity index (χ1n) is 5.40. The van der Waals surface area contributed by atoms with Crippen molar-refractivity contribution >= 4 is 23.2 Å². The number of amides is 1. The lowest BCUT2D eigenvalue weighted by Crippen LogP contribution is -2.37. The van der Waals surface area contributed by atoms with Crippen molar-refractivity contribution < 1.29 is 9.72 Å². The van der Waals surface area contributed by atoms with Gasteiger partial charge in [-0.15, -0.1) is 0 Å². The quantitative estimate of drug-likeness (QED) is 0.519. The Morgan fingerprint density at radius 3 is 2.83 bits per heavy atom. The molecular formula is C10H15N5O3. The molecule has 0 aliphatic rings. The molecule has 1 amide bonds. The van der Waals surface area contributed by atoms with Crippen LogP contribution in [0.15, 0.2) is 12.1 Å². The summed E-state index contributed by atoms with van der Waals surface area (Å²) in [7, 11) is 0. The number of anilines is 2. The van der Waals surface area contributed by atoms with Crippen LogP contribution >= 0.6 is 0 Å². The van der Waals surface area contributed by atoms with Crippen LogP contribution in [0, 0.1) is 10.1 Å². The molecule has 1 rings (SSSR count). The molecule has 98 valence electrons. The maximum Gasteiger partial charge on any atom is 0.276 e. The van der Waals surface area contributed by atoms with Crippen LogP contribution in [0.5, 0.6) is 0 Å². The van der Waals surface area contributed by atoms with Gasteiger partial charge in [0.1, 0.15) is 17.7 Å². The van der Waals surface area contributed by atoms with Crippen LogP contribution in [0.25, 0.3) is 0 Å². The Balaban J connectivity index is 2.84. The van der Waals surface area contributed by atoms with Gasteiger partial charge in [0, 0.05) is 6.54 Å². The average Bonchev–Trinajstić information content (AvgIpc) is 2.28. The highest BCUT2D eigenvalue weighted by molar-refractivity contribution is 5.83. The molecule has 0 bridgehead atoms. The van der Waals surface area contributed by atoms with Crippen molar-refractivity contribution in [1.82, 2.24) is 10.3 Å². The van der Waals surface area contributed by atoms with Crippen molar-refractivity contribution in [3.8, 4) is 0 Å². The largest absolute Gasteiger partial charge is 0.383 e. The summed E-state index contributed by atoms with van der Waals surface area (Å²) < 4.78 is 0. The molecule has 1 aromatic heterocycles. The van der Waals surface area contributed by atoms with Gasteiger partial charge in [-0.3, -0.25) is 14.9 Å². The third-order valence-corrected chi connectivity index (χ3v) is 2.15. The Labute approximate surface area is 104 Å². The Morgan fingerprint density at radius 2 is 2.28 bits per heavy atom. The monoisotopic (exact) mass is 253 g/mol. The summed E-state index contributed by atoms with van der Waals surface area (Å²) >= 11 is 0. The van der Waals surface area contributed by atoms with Crippen molar-refractivity contribution in [1.29, 1.82) is 0 Å². The van der Waals surface area contributed by atoms with Gasteiger partial charge >= 0.3 is 0 Å². The SMILES string of the molecule is CCNC(=O)C(C)Nc1cc([N+](=O)[O-])cc(N)n1. The molecule has 0 fully saturated rings. The predicted octanol–water partition coefficient (Wildman–Crippen LogP) is 0.508. The number of nitrogens with one attached hydrogen (secondary N) is 2. The van der Waals surface area contributed by atoms with E-state index in [2.05, 4.69) is 15.6 Å². The highest BCUT2D eigenvalue weighted by Gasteiger charge is 2.15. The highest BCUT2D eigenvalue weighted by Crippen LogP contribution is 2.19. The second-order valence-electron chi connectivity index (χ2n) is 3.65. The summed E-state index contributed by atoms with van der Waals surface area (Å²) in [5, 5.41) is 16.0. The summed E-state index contributed by atoms with van der Waals surface area (Å²) in [6.45, 7) is 3.94. The molecule has 8 heteroatoms. The molecule has 18 heavy (non-hydrogen) atoms. The number of carbonyl (C=O) groups is 1. The van der Waals surface area contributed by atoms with E-state index >= 15 is 0 Å². The predicted molar refractivity (Wildman–Crippen MR) is 67.1 cm³/mol. The number of nitrogens with two attached hydrogens (primary N) is 1. The first kappa shape index (κ1) is 13.7. The maximum atomic E-state index is 11.5. The van der Waals surface area contributed by atoms with Crippen LogP contribution < -0.4 is 16.4 Å². The first-order chi connectivity index (χ1) is 8.43. The molecule has 0 aliphatic heterocycles. The van der Waals surface area contributed by atoms with E-state index in [9.17, 15) is 14.9 Å². The van der Waals surface area contributed by atoms with E-state index in [0.717, 1.165) is 6.07 Å². The smallest absolute Gasteiger partial charge is 0.276 e. The van der Waals surface area contributed by atoms with Crippen molar-refractivity contribution in [2.24, 2.45) is 0 Å². The highest BCUT2D eigenvalue weighted by atomic mass is 16.6. The molecule has 0 aromatic carbocycles. The Kier molecular flexibility index (Phi) is 4.41. The minimum atomic E-state index is -0.569. The van der Waals surface area contributed by atoms with Gasteiger partial charge in [-0.1, -0.05) is 0 Å². The van der Waals surface area contributed by atoms with Crippen molar-refractivity contribution in [2.45, 2.75) is 19.9 Å². The lowest BCUT2D eigenvalue weighted by Gasteiger charge is -2.13. The van der Waals surface area contributed by atoms with Gasteiger partial charge in [0.15, 0.2) is 0 Å². The van der Waals surface area contributed by atoms with E-state index in [1.165, 1.54) is 6.07 Å². The minimum Gasteiger partial charge on any atom is -0.383 e. The third-order valence-electron chi connectivity index (χ3n) is 2.15. The fourth-order valence-electron chi connectivity index (χ4n) is 1.33. The van der Waals surface area contributed by atoms with Gasteiger partial charge in [-0.25, -0.2) is 4.98 Å². The zero-order valence-corrected chi connectivity index (χ0v) is 10.1. The van der Waals surface area contributed by atoms with Crippen LogP contribution in [0.3, 0.4) is 0 Å². The van der Waals surface area contributed by atoms with E-state index in [1.807, 2.05) is 0 Å². The minimum absolute atomic E-state index is 0.0230. The van der Waals surface area contributed by atoms with E-state index in [-0.39, 0.29) is 23.2 Å². The third kappa shape index (κ3) is 3.58. The fraction of sp³-hybridized carbons (Fsp3) is 0.400. The molecule has 0 saturated carbocycles. The van der Waals surface area contributed by atoms with Gasteiger partial charge in [0.05, 0.1) is 17.1 Å². The molecular weight excluding hydrogens is 238 g/mol. The fourth-order valence-corrected chi connectivity index (χ4v) is 1.33. The molecule has 1 atom stereocenters. The normalized spacial score (nSPS) is 11.7. The van der Waals surface area contributed by atoms with Crippen molar-refractivity contribution in [3.63, 3.8) is 0 Å². The number of pyridine rings is 1. The number of carbonyl (C=O) groups excluding carboxylic acids is 1. The number of hydrogen-bond donors (Lipinski definition) is 3. The van der Waals surface area contributed by atoms with Crippen LogP contribution in [-0.2, 0) is 4.79 Å². The van der Waals surface area contributed by atoms with Crippen molar-refractivity contribution in [2.75, 3.05) is 17.6 Å². The van der Waals surface area contributed by atoms with Gasteiger partial charge in [-0.05, 0) is 13.8 Å². The summed E-state index contributed by atoms with van der Waals surface area (Å²) in [5.74, 6) is -0.000342. The summed E-state index contributed by atoms with van der Waals surface area (Å²) in [6.07, 6.45) is 0. The zero-order valence-electron chi connectivity index (χ0n) is 10.1. The molecule has 1 aromatic rings. The molecule has 1 unspecified atom stereocenters. The summed E-state index contributed by atoms with van der Waals surface area (Å²) in [4.78, 5) is 25.4. The number of rotatable bonds is 5.